The zero-order valence-electron chi connectivity index (χ0n) is 11.1. The number of hydrogen-bond donors (Lipinski definition) is 2. The van der Waals surface area contributed by atoms with Gasteiger partial charge in [-0.3, -0.25) is 0 Å². The highest BCUT2D eigenvalue weighted by molar-refractivity contribution is 5.80. The summed E-state index contributed by atoms with van der Waals surface area (Å²) in [4.78, 5) is 11.4. The summed E-state index contributed by atoms with van der Waals surface area (Å²) in [5.74, 6) is -1.08. The van der Waals surface area contributed by atoms with Crippen molar-refractivity contribution >= 4 is 5.97 Å². The average Bonchev–Trinajstić information content (AvgIpc) is 2.37. The second-order valence-corrected chi connectivity index (χ2v) is 5.04. The van der Waals surface area contributed by atoms with E-state index in [4.69, 9.17) is 10.5 Å². The molecule has 0 saturated heterocycles. The number of ether oxygens (including phenoxy) is 1. The summed E-state index contributed by atoms with van der Waals surface area (Å²) >= 11 is 0. The smallest absolute Gasteiger partial charge is 0.330 e. The van der Waals surface area contributed by atoms with Crippen LogP contribution in [-0.4, -0.2) is 23.3 Å². The Morgan fingerprint density at radius 1 is 1.33 bits per heavy atom. The Kier molecular flexibility index (Phi) is 4.48. The molecule has 1 rings (SSSR count). The van der Waals surface area contributed by atoms with Gasteiger partial charge in [0.15, 0.2) is 5.54 Å². The molecule has 4 nitrogen and oxygen atoms in total. The topological polar surface area (TPSA) is 72.5 Å². The maximum atomic E-state index is 11.4. The van der Waals surface area contributed by atoms with Gasteiger partial charge in [0, 0.05) is 0 Å². The molecular formula is C14H21NO3. The maximum absolute atomic E-state index is 11.4. The summed E-state index contributed by atoms with van der Waals surface area (Å²) in [6, 6.07) is 8.77. The van der Waals surface area contributed by atoms with Crippen LogP contribution in [0, 0.1) is 0 Å². The summed E-state index contributed by atoms with van der Waals surface area (Å²) in [5.41, 5.74) is 4.66. The quantitative estimate of drug-likeness (QED) is 0.812. The lowest BCUT2D eigenvalue weighted by molar-refractivity contribution is -0.149. The lowest BCUT2D eigenvalue weighted by Gasteiger charge is -2.31. The molecule has 0 aromatic heterocycles. The van der Waals surface area contributed by atoms with Gasteiger partial charge in [-0.2, -0.15) is 0 Å². The minimum Gasteiger partial charge on any atom is -0.480 e. The molecule has 0 amide bonds. The van der Waals surface area contributed by atoms with Crippen molar-refractivity contribution in [1.29, 1.82) is 0 Å². The van der Waals surface area contributed by atoms with Crippen molar-refractivity contribution in [3.8, 4) is 0 Å². The lowest BCUT2D eigenvalue weighted by Crippen LogP contribution is -2.50. The van der Waals surface area contributed by atoms with Gasteiger partial charge in [-0.25, -0.2) is 4.79 Å². The summed E-state index contributed by atoms with van der Waals surface area (Å²) in [7, 11) is 0. The molecule has 0 radical (unpaired) electrons. The van der Waals surface area contributed by atoms with Crippen LogP contribution in [0.4, 0.5) is 0 Å². The van der Waals surface area contributed by atoms with Crippen molar-refractivity contribution in [2.45, 2.75) is 38.3 Å². The van der Waals surface area contributed by atoms with E-state index in [0.717, 1.165) is 6.42 Å². The molecule has 3 N–H and O–H groups in total. The molecule has 0 bridgehead atoms. The third-order valence-electron chi connectivity index (χ3n) is 3.21. The molecule has 1 aromatic carbocycles. The molecule has 1 aromatic rings. The predicted octanol–water partition coefficient (Wildman–Crippen LogP) is 2.13. The molecule has 0 spiro atoms. The first-order valence-electron chi connectivity index (χ1n) is 6.03. The number of carbonyl (C=O) groups is 1. The Labute approximate surface area is 108 Å². The van der Waals surface area contributed by atoms with Crippen molar-refractivity contribution < 1.29 is 14.6 Å². The molecule has 18 heavy (non-hydrogen) atoms. The molecule has 100 valence electrons. The van der Waals surface area contributed by atoms with Gasteiger partial charge in [0.25, 0.3) is 0 Å². The third kappa shape index (κ3) is 3.31. The fraction of sp³-hybridized carbons (Fsp3) is 0.500. The molecule has 0 aliphatic carbocycles. The number of aliphatic carboxylic acids is 1. The SMILES string of the molecule is CCC(C)(C)OCC(N)(C(=O)O)c1ccccc1. The first-order chi connectivity index (χ1) is 8.32. The highest BCUT2D eigenvalue weighted by Gasteiger charge is 2.38. The molecular weight excluding hydrogens is 230 g/mol. The van der Waals surface area contributed by atoms with Crippen LogP contribution in [0.15, 0.2) is 30.3 Å². The van der Waals surface area contributed by atoms with Gasteiger partial charge >= 0.3 is 5.97 Å². The van der Waals surface area contributed by atoms with Gasteiger partial charge in [-0.05, 0) is 25.8 Å². The summed E-state index contributed by atoms with van der Waals surface area (Å²) < 4.78 is 5.65. The van der Waals surface area contributed by atoms with E-state index in [9.17, 15) is 9.90 Å². The van der Waals surface area contributed by atoms with E-state index >= 15 is 0 Å². The summed E-state index contributed by atoms with van der Waals surface area (Å²) in [6.07, 6.45) is 0.789. The third-order valence-corrected chi connectivity index (χ3v) is 3.21. The van der Waals surface area contributed by atoms with E-state index in [-0.39, 0.29) is 12.2 Å². The van der Waals surface area contributed by atoms with Crippen LogP contribution in [-0.2, 0) is 15.1 Å². The second-order valence-electron chi connectivity index (χ2n) is 5.04. The van der Waals surface area contributed by atoms with Crippen LogP contribution >= 0.6 is 0 Å². The fourth-order valence-corrected chi connectivity index (χ4v) is 1.42. The summed E-state index contributed by atoms with van der Waals surface area (Å²) in [6.45, 7) is 5.77. The number of carboxylic acid groups (broad SMARTS) is 1. The van der Waals surface area contributed by atoms with Gasteiger partial charge < -0.3 is 15.6 Å². The monoisotopic (exact) mass is 251 g/mol. The van der Waals surface area contributed by atoms with Crippen molar-refractivity contribution in [2.75, 3.05) is 6.61 Å². The zero-order valence-corrected chi connectivity index (χ0v) is 11.1. The van der Waals surface area contributed by atoms with Crippen molar-refractivity contribution in [3.05, 3.63) is 35.9 Å². The van der Waals surface area contributed by atoms with Crippen LogP contribution in [0.1, 0.15) is 32.8 Å². The van der Waals surface area contributed by atoms with Crippen LogP contribution < -0.4 is 5.73 Å². The molecule has 0 heterocycles. The van der Waals surface area contributed by atoms with E-state index in [1.807, 2.05) is 26.8 Å². The highest BCUT2D eigenvalue weighted by atomic mass is 16.5. The largest absolute Gasteiger partial charge is 0.480 e. The minimum atomic E-state index is -1.51. The maximum Gasteiger partial charge on any atom is 0.330 e. The van der Waals surface area contributed by atoms with Gasteiger partial charge in [0.2, 0.25) is 0 Å². The molecule has 1 atom stereocenters. The average molecular weight is 251 g/mol. The van der Waals surface area contributed by atoms with Crippen LogP contribution in [0.2, 0.25) is 0 Å². The van der Waals surface area contributed by atoms with E-state index < -0.39 is 11.5 Å². The molecule has 0 fully saturated rings. The van der Waals surface area contributed by atoms with Gasteiger partial charge in [-0.15, -0.1) is 0 Å². The number of rotatable bonds is 6. The predicted molar refractivity (Wildman–Crippen MR) is 70.3 cm³/mol. The molecule has 4 heteroatoms. The number of benzene rings is 1. The van der Waals surface area contributed by atoms with Gasteiger partial charge in [-0.1, -0.05) is 37.3 Å². The first kappa shape index (κ1) is 14.7. The van der Waals surface area contributed by atoms with Crippen LogP contribution in [0.3, 0.4) is 0 Å². The number of hydrogen-bond acceptors (Lipinski definition) is 3. The van der Waals surface area contributed by atoms with E-state index in [2.05, 4.69) is 0 Å². The van der Waals surface area contributed by atoms with Crippen LogP contribution in [0.5, 0.6) is 0 Å². The standard InChI is InChI=1S/C14H21NO3/c1-4-13(2,3)18-10-14(15,12(16)17)11-8-6-5-7-9-11/h5-9H,4,10,15H2,1-3H3,(H,16,17). The number of nitrogens with two attached hydrogens (primary N) is 1. The Morgan fingerprint density at radius 3 is 2.33 bits per heavy atom. The van der Waals surface area contributed by atoms with Crippen molar-refractivity contribution in [1.82, 2.24) is 0 Å². The second kappa shape index (κ2) is 5.50. The summed E-state index contributed by atoms with van der Waals surface area (Å²) in [5, 5.41) is 9.35. The minimum absolute atomic E-state index is 0.0484. The van der Waals surface area contributed by atoms with Crippen molar-refractivity contribution in [3.63, 3.8) is 0 Å². The normalized spacial score (nSPS) is 15.1. The van der Waals surface area contributed by atoms with E-state index in [0.29, 0.717) is 5.56 Å². The van der Waals surface area contributed by atoms with Crippen molar-refractivity contribution in [2.24, 2.45) is 5.73 Å². The number of carboxylic acids is 1. The van der Waals surface area contributed by atoms with Gasteiger partial charge in [0.05, 0.1) is 12.2 Å². The van der Waals surface area contributed by atoms with E-state index in [1.165, 1.54) is 0 Å². The van der Waals surface area contributed by atoms with E-state index in [1.54, 1.807) is 24.3 Å². The zero-order chi connectivity index (χ0) is 13.8. The lowest BCUT2D eigenvalue weighted by atomic mass is 9.91. The molecule has 0 aliphatic rings. The van der Waals surface area contributed by atoms with Gasteiger partial charge in [0.1, 0.15) is 0 Å². The molecule has 0 saturated carbocycles. The Morgan fingerprint density at radius 2 is 1.89 bits per heavy atom. The molecule has 0 aliphatic heterocycles. The first-order valence-corrected chi connectivity index (χ1v) is 6.03. The fourth-order valence-electron chi connectivity index (χ4n) is 1.42. The Balaban J connectivity index is 2.93. The van der Waals surface area contributed by atoms with Crippen LogP contribution in [0.25, 0.3) is 0 Å². The Hall–Kier alpha value is -1.39. The highest BCUT2D eigenvalue weighted by Crippen LogP contribution is 2.23. The molecule has 1 unspecified atom stereocenters. The Bertz CT molecular complexity index is 403.